The topological polar surface area (TPSA) is 62.2 Å². The number of nitrogens with zero attached hydrogens (tertiary/aromatic N) is 1. The van der Waals surface area contributed by atoms with Gasteiger partial charge in [-0.3, -0.25) is 9.78 Å². The van der Waals surface area contributed by atoms with Crippen LogP contribution in [0.5, 0.6) is 0 Å². The molecule has 5 heteroatoms. The molecule has 60 valence electrons. The molecule has 0 aliphatic heterocycles. The Morgan fingerprint density at radius 2 is 2.64 bits per heavy atom. The Kier molecular flexibility index (Phi) is 3.00. The summed E-state index contributed by atoms with van der Waals surface area (Å²) in [6.07, 6.45) is 1.50. The lowest BCUT2D eigenvalue weighted by atomic mass is 10.5. The second-order valence-corrected chi connectivity index (χ2v) is 2.73. The molecular weight excluding hydrogens is 164 g/mol. The van der Waals surface area contributed by atoms with E-state index in [4.69, 9.17) is 5.11 Å². The molecule has 0 radical (unpaired) electrons. The molecule has 0 bridgehead atoms. The number of nitrogens with one attached hydrogen (secondary N) is 1. The molecule has 0 aromatic carbocycles. The molecule has 0 fully saturated rings. The fraction of sp³-hybridized carbons (Fsp3) is 0.333. The van der Waals surface area contributed by atoms with Crippen molar-refractivity contribution >= 4 is 17.2 Å². The zero-order chi connectivity index (χ0) is 8.10. The molecule has 4 nitrogen and oxygen atoms in total. The van der Waals surface area contributed by atoms with Crippen molar-refractivity contribution in [3.05, 3.63) is 16.6 Å². The number of hydrogen-bond acceptors (Lipinski definition) is 4. The molecule has 0 unspecified atom stereocenters. The van der Waals surface area contributed by atoms with Crippen molar-refractivity contribution < 1.29 is 9.90 Å². The van der Waals surface area contributed by atoms with Crippen molar-refractivity contribution in [2.45, 2.75) is 0 Å². The largest absolute Gasteiger partial charge is 0.395 e. The highest BCUT2D eigenvalue weighted by Gasteiger charge is 2.04. The number of carbonyl (C=O) groups is 1. The quantitative estimate of drug-likeness (QED) is 0.667. The first-order valence-corrected chi connectivity index (χ1v) is 4.00. The van der Waals surface area contributed by atoms with Crippen molar-refractivity contribution in [1.82, 2.24) is 10.3 Å². The number of aromatic nitrogens is 1. The van der Waals surface area contributed by atoms with Gasteiger partial charge in [-0.05, 0) is 0 Å². The molecule has 0 atom stereocenters. The maximum atomic E-state index is 11.0. The standard InChI is InChI=1S/C6H8N2O2S/c9-2-1-8-6(10)5-3-7-4-11-5/h3-4,9H,1-2H2,(H,8,10). The molecule has 1 amide bonds. The van der Waals surface area contributed by atoms with E-state index in [9.17, 15) is 4.79 Å². The lowest BCUT2D eigenvalue weighted by molar-refractivity contribution is 0.0948. The average Bonchev–Trinajstić information content (AvgIpc) is 2.52. The van der Waals surface area contributed by atoms with Gasteiger partial charge in [-0.15, -0.1) is 11.3 Å². The third kappa shape index (κ3) is 2.28. The Morgan fingerprint density at radius 3 is 3.18 bits per heavy atom. The zero-order valence-corrected chi connectivity index (χ0v) is 6.60. The summed E-state index contributed by atoms with van der Waals surface area (Å²) < 4.78 is 0. The highest BCUT2D eigenvalue weighted by molar-refractivity contribution is 7.11. The normalized spacial score (nSPS) is 9.55. The summed E-state index contributed by atoms with van der Waals surface area (Å²) in [6, 6.07) is 0. The van der Waals surface area contributed by atoms with E-state index in [0.717, 1.165) is 0 Å². The number of amides is 1. The number of hydrogen-bond donors (Lipinski definition) is 2. The minimum atomic E-state index is -0.179. The fourth-order valence-corrected chi connectivity index (χ4v) is 1.12. The molecule has 1 aromatic rings. The zero-order valence-electron chi connectivity index (χ0n) is 5.78. The number of thiazole rings is 1. The number of aliphatic hydroxyl groups excluding tert-OH is 1. The van der Waals surface area contributed by atoms with Gasteiger partial charge in [0, 0.05) is 6.54 Å². The van der Waals surface area contributed by atoms with Gasteiger partial charge >= 0.3 is 0 Å². The minimum Gasteiger partial charge on any atom is -0.395 e. The molecular formula is C6H8N2O2S. The molecule has 2 N–H and O–H groups in total. The van der Waals surface area contributed by atoms with E-state index in [1.54, 1.807) is 5.51 Å². The Bertz CT molecular complexity index is 222. The Morgan fingerprint density at radius 1 is 1.82 bits per heavy atom. The van der Waals surface area contributed by atoms with E-state index in [1.807, 2.05) is 0 Å². The van der Waals surface area contributed by atoms with Crippen LogP contribution in [-0.2, 0) is 0 Å². The first-order chi connectivity index (χ1) is 5.34. The van der Waals surface area contributed by atoms with E-state index in [1.165, 1.54) is 17.5 Å². The van der Waals surface area contributed by atoms with Crippen LogP contribution in [-0.4, -0.2) is 29.1 Å². The Balaban J connectivity index is 2.43. The molecule has 1 heterocycles. The van der Waals surface area contributed by atoms with Crippen LogP contribution in [0, 0.1) is 0 Å². The van der Waals surface area contributed by atoms with Gasteiger partial charge in [0.1, 0.15) is 4.88 Å². The van der Waals surface area contributed by atoms with Gasteiger partial charge in [-0.2, -0.15) is 0 Å². The van der Waals surface area contributed by atoms with Crippen LogP contribution >= 0.6 is 11.3 Å². The van der Waals surface area contributed by atoms with Crippen LogP contribution in [0.4, 0.5) is 0 Å². The predicted molar refractivity (Wildman–Crippen MR) is 41.5 cm³/mol. The lowest BCUT2D eigenvalue weighted by Crippen LogP contribution is -2.25. The number of rotatable bonds is 3. The van der Waals surface area contributed by atoms with Crippen LogP contribution in [0.15, 0.2) is 11.7 Å². The van der Waals surface area contributed by atoms with Crippen LogP contribution < -0.4 is 5.32 Å². The van der Waals surface area contributed by atoms with Gasteiger partial charge in [0.2, 0.25) is 0 Å². The molecule has 0 saturated carbocycles. The molecule has 11 heavy (non-hydrogen) atoms. The average molecular weight is 172 g/mol. The maximum Gasteiger partial charge on any atom is 0.263 e. The summed E-state index contributed by atoms with van der Waals surface area (Å²) >= 11 is 1.28. The van der Waals surface area contributed by atoms with Crippen LogP contribution in [0.3, 0.4) is 0 Å². The molecule has 0 spiro atoms. The first kappa shape index (κ1) is 8.16. The third-order valence-corrected chi connectivity index (χ3v) is 1.83. The van der Waals surface area contributed by atoms with Crippen molar-refractivity contribution in [3.63, 3.8) is 0 Å². The highest BCUT2D eigenvalue weighted by atomic mass is 32.1. The second kappa shape index (κ2) is 4.05. The fourth-order valence-electron chi connectivity index (χ4n) is 0.584. The lowest BCUT2D eigenvalue weighted by Gasteiger charge is -1.97. The van der Waals surface area contributed by atoms with E-state index >= 15 is 0 Å². The Hall–Kier alpha value is -0.940. The van der Waals surface area contributed by atoms with E-state index in [0.29, 0.717) is 4.88 Å². The third-order valence-electron chi connectivity index (χ3n) is 1.05. The van der Waals surface area contributed by atoms with Gasteiger partial charge in [-0.25, -0.2) is 0 Å². The highest BCUT2D eigenvalue weighted by Crippen LogP contribution is 2.03. The summed E-state index contributed by atoms with van der Waals surface area (Å²) in [4.78, 5) is 15.3. The molecule has 0 aliphatic carbocycles. The predicted octanol–water partition coefficient (Wildman–Crippen LogP) is -0.135. The molecule has 1 rings (SSSR count). The maximum absolute atomic E-state index is 11.0. The van der Waals surface area contributed by atoms with Crippen molar-refractivity contribution in [3.8, 4) is 0 Å². The molecule has 0 saturated heterocycles. The monoisotopic (exact) mass is 172 g/mol. The van der Waals surface area contributed by atoms with Gasteiger partial charge in [0.25, 0.3) is 5.91 Å². The van der Waals surface area contributed by atoms with E-state index < -0.39 is 0 Å². The van der Waals surface area contributed by atoms with Crippen molar-refractivity contribution in [1.29, 1.82) is 0 Å². The van der Waals surface area contributed by atoms with Gasteiger partial charge in [-0.1, -0.05) is 0 Å². The smallest absolute Gasteiger partial charge is 0.263 e. The van der Waals surface area contributed by atoms with Crippen molar-refractivity contribution in [2.75, 3.05) is 13.2 Å². The van der Waals surface area contributed by atoms with Gasteiger partial charge < -0.3 is 10.4 Å². The van der Waals surface area contributed by atoms with E-state index in [2.05, 4.69) is 10.3 Å². The van der Waals surface area contributed by atoms with Gasteiger partial charge in [0.05, 0.1) is 18.3 Å². The summed E-state index contributed by atoms with van der Waals surface area (Å²) in [5.74, 6) is -0.179. The van der Waals surface area contributed by atoms with Crippen LogP contribution in [0.2, 0.25) is 0 Å². The van der Waals surface area contributed by atoms with Crippen molar-refractivity contribution in [2.24, 2.45) is 0 Å². The second-order valence-electron chi connectivity index (χ2n) is 1.85. The summed E-state index contributed by atoms with van der Waals surface area (Å²) in [5, 5.41) is 10.9. The Labute approximate surface area is 67.9 Å². The molecule has 0 aliphatic rings. The van der Waals surface area contributed by atoms with Crippen LogP contribution in [0.1, 0.15) is 9.67 Å². The summed E-state index contributed by atoms with van der Waals surface area (Å²) in [7, 11) is 0. The first-order valence-electron chi connectivity index (χ1n) is 3.12. The van der Waals surface area contributed by atoms with E-state index in [-0.39, 0.29) is 19.1 Å². The van der Waals surface area contributed by atoms with Gasteiger partial charge in [0.15, 0.2) is 0 Å². The van der Waals surface area contributed by atoms with Crippen LogP contribution in [0.25, 0.3) is 0 Å². The summed E-state index contributed by atoms with van der Waals surface area (Å²) in [5.41, 5.74) is 1.59. The number of carbonyl (C=O) groups excluding carboxylic acids is 1. The SMILES string of the molecule is O=C(NCCO)c1cncs1. The summed E-state index contributed by atoms with van der Waals surface area (Å²) in [6.45, 7) is 0.251. The minimum absolute atomic E-state index is 0.0372. The number of aliphatic hydroxyl groups is 1. The molecule has 1 aromatic heterocycles.